The van der Waals surface area contributed by atoms with Crippen molar-refractivity contribution in [3.05, 3.63) is 70.6 Å². The molecular formula is C26H26N4O4. The Hall–Kier alpha value is -4.25. The lowest BCUT2D eigenvalue weighted by atomic mass is 9.83. The number of carbonyl (C=O) groups is 1. The van der Waals surface area contributed by atoms with Gasteiger partial charge in [0.2, 0.25) is 11.8 Å². The van der Waals surface area contributed by atoms with Gasteiger partial charge in [-0.05, 0) is 35.6 Å². The summed E-state index contributed by atoms with van der Waals surface area (Å²) < 4.78 is 16.4. The van der Waals surface area contributed by atoms with E-state index in [-0.39, 0.29) is 17.2 Å². The number of nitrogens with one attached hydrogen (secondary N) is 1. The van der Waals surface area contributed by atoms with Gasteiger partial charge in [0.15, 0.2) is 11.5 Å². The lowest BCUT2D eigenvalue weighted by Crippen LogP contribution is -2.21. The van der Waals surface area contributed by atoms with Crippen LogP contribution in [0.1, 0.15) is 43.4 Å². The average molecular weight is 459 g/mol. The van der Waals surface area contributed by atoms with Gasteiger partial charge in [0.1, 0.15) is 11.6 Å². The maximum atomic E-state index is 11.4. The predicted octanol–water partition coefficient (Wildman–Crippen LogP) is 4.43. The van der Waals surface area contributed by atoms with Crippen LogP contribution in [0.25, 0.3) is 11.3 Å². The highest BCUT2D eigenvalue weighted by Crippen LogP contribution is 2.47. The zero-order valence-corrected chi connectivity index (χ0v) is 19.5. The van der Waals surface area contributed by atoms with Crippen LogP contribution in [-0.2, 0) is 11.2 Å². The number of fused-ring (bicyclic) bond motifs is 1. The maximum Gasteiger partial charge on any atom is 0.308 e. The average Bonchev–Trinajstić information content (AvgIpc) is 3.21. The van der Waals surface area contributed by atoms with Crippen LogP contribution in [0.15, 0.2) is 53.9 Å². The van der Waals surface area contributed by atoms with Crippen LogP contribution in [0, 0.1) is 17.2 Å². The molecule has 0 bridgehead atoms. The lowest BCUT2D eigenvalue weighted by Gasteiger charge is -2.24. The van der Waals surface area contributed by atoms with E-state index < -0.39 is 11.9 Å². The number of rotatable bonds is 6. The lowest BCUT2D eigenvalue weighted by molar-refractivity contribution is -0.132. The van der Waals surface area contributed by atoms with E-state index in [1.165, 1.54) is 19.6 Å². The molecule has 0 amide bonds. The number of H-pyrrole nitrogens is 1. The first kappa shape index (κ1) is 22.9. The first-order chi connectivity index (χ1) is 16.3. The Bertz CT molecular complexity index is 1300. The molecule has 8 heteroatoms. The molecule has 8 nitrogen and oxygen atoms in total. The molecule has 1 atom stereocenters. The quantitative estimate of drug-likeness (QED) is 0.414. The third-order valence-electron chi connectivity index (χ3n) is 5.60. The standard InChI is InChI=1S/C26H26N4O4/c1-14(2)11-16-5-7-17(8-6-16)24-23-22(19(13-27)25(28)34-26(23)30-29-24)18-9-10-20(33-15(3)31)21(12-18)32-4/h5-10,12,14,22H,11,28H2,1-4H3,(H,29,30)/t22-/m0/s1. The van der Waals surface area contributed by atoms with Crippen LogP contribution >= 0.6 is 0 Å². The Labute approximate surface area is 197 Å². The highest BCUT2D eigenvalue weighted by molar-refractivity contribution is 5.73. The van der Waals surface area contributed by atoms with Crippen LogP contribution in [0.5, 0.6) is 17.4 Å². The van der Waals surface area contributed by atoms with Crippen LogP contribution in [0.3, 0.4) is 0 Å². The molecule has 174 valence electrons. The number of nitriles is 1. The summed E-state index contributed by atoms with van der Waals surface area (Å²) in [5.41, 5.74) is 10.7. The van der Waals surface area contributed by atoms with Crippen LogP contribution in [0.2, 0.25) is 0 Å². The number of nitrogens with zero attached hydrogens (tertiary/aromatic N) is 2. The summed E-state index contributed by atoms with van der Waals surface area (Å²) in [7, 11) is 1.49. The normalized spacial score (nSPS) is 14.9. The van der Waals surface area contributed by atoms with E-state index in [0.717, 1.165) is 23.2 Å². The minimum absolute atomic E-state index is 0.00615. The number of ether oxygens (including phenoxy) is 3. The van der Waals surface area contributed by atoms with Crippen molar-refractivity contribution >= 4 is 5.97 Å². The summed E-state index contributed by atoms with van der Waals surface area (Å²) >= 11 is 0. The summed E-state index contributed by atoms with van der Waals surface area (Å²) in [6, 6.07) is 15.6. The van der Waals surface area contributed by atoms with E-state index in [2.05, 4.69) is 42.2 Å². The summed E-state index contributed by atoms with van der Waals surface area (Å²) in [6.07, 6.45) is 0.986. The summed E-state index contributed by atoms with van der Waals surface area (Å²) in [5, 5.41) is 17.3. The van der Waals surface area contributed by atoms with E-state index in [1.807, 2.05) is 12.1 Å². The third kappa shape index (κ3) is 4.33. The third-order valence-corrected chi connectivity index (χ3v) is 5.60. The summed E-state index contributed by atoms with van der Waals surface area (Å²) in [4.78, 5) is 11.4. The van der Waals surface area contributed by atoms with Crippen molar-refractivity contribution in [3.63, 3.8) is 0 Å². The molecule has 0 aliphatic carbocycles. The minimum atomic E-state index is -0.557. The van der Waals surface area contributed by atoms with Gasteiger partial charge in [0, 0.05) is 12.5 Å². The molecule has 3 N–H and O–H groups in total. The highest BCUT2D eigenvalue weighted by Gasteiger charge is 2.36. The Morgan fingerprint density at radius 2 is 1.97 bits per heavy atom. The number of hydrogen-bond donors (Lipinski definition) is 2. The largest absolute Gasteiger partial charge is 0.493 e. The van der Waals surface area contributed by atoms with Gasteiger partial charge in [-0.2, -0.15) is 5.26 Å². The van der Waals surface area contributed by atoms with Gasteiger partial charge in [0.25, 0.3) is 0 Å². The van der Waals surface area contributed by atoms with Crippen molar-refractivity contribution in [1.29, 1.82) is 5.26 Å². The topological polar surface area (TPSA) is 123 Å². The molecule has 34 heavy (non-hydrogen) atoms. The number of allylic oxidation sites excluding steroid dienone is 1. The number of methoxy groups -OCH3 is 1. The van der Waals surface area contributed by atoms with Crippen molar-refractivity contribution in [1.82, 2.24) is 10.2 Å². The zero-order chi connectivity index (χ0) is 24.4. The van der Waals surface area contributed by atoms with Gasteiger partial charge in [0.05, 0.1) is 24.3 Å². The van der Waals surface area contributed by atoms with Crippen molar-refractivity contribution < 1.29 is 19.0 Å². The van der Waals surface area contributed by atoms with E-state index in [9.17, 15) is 10.1 Å². The number of benzene rings is 2. The highest BCUT2D eigenvalue weighted by atomic mass is 16.6. The number of esters is 1. The second kappa shape index (κ2) is 9.32. The molecule has 3 aromatic rings. The van der Waals surface area contributed by atoms with E-state index in [1.54, 1.807) is 18.2 Å². The summed E-state index contributed by atoms with van der Waals surface area (Å²) in [5.74, 6) is 0.491. The molecule has 1 aliphatic rings. The van der Waals surface area contributed by atoms with E-state index in [0.29, 0.717) is 23.1 Å². The molecule has 0 saturated heterocycles. The van der Waals surface area contributed by atoms with Crippen molar-refractivity contribution in [2.24, 2.45) is 11.7 Å². The van der Waals surface area contributed by atoms with Crippen LogP contribution < -0.4 is 19.9 Å². The fourth-order valence-electron chi connectivity index (χ4n) is 4.18. The summed E-state index contributed by atoms with van der Waals surface area (Å²) in [6.45, 7) is 5.68. The molecule has 4 rings (SSSR count). The van der Waals surface area contributed by atoms with Crippen LogP contribution in [-0.4, -0.2) is 23.3 Å². The monoisotopic (exact) mass is 458 g/mol. The molecule has 0 spiro atoms. The second-order valence-electron chi connectivity index (χ2n) is 8.54. The van der Waals surface area contributed by atoms with Gasteiger partial charge in [-0.25, -0.2) is 0 Å². The molecule has 0 radical (unpaired) electrons. The number of nitrogens with two attached hydrogens (primary N) is 1. The fraction of sp³-hybridized carbons (Fsp3) is 0.269. The van der Waals surface area contributed by atoms with E-state index in [4.69, 9.17) is 19.9 Å². The van der Waals surface area contributed by atoms with Crippen molar-refractivity contribution in [2.45, 2.75) is 33.1 Å². The van der Waals surface area contributed by atoms with Gasteiger partial charge in [-0.15, -0.1) is 5.10 Å². The van der Waals surface area contributed by atoms with Crippen molar-refractivity contribution in [3.8, 4) is 34.7 Å². The molecule has 2 aromatic carbocycles. The number of hydrogen-bond acceptors (Lipinski definition) is 7. The number of aromatic nitrogens is 2. The minimum Gasteiger partial charge on any atom is -0.493 e. The molecule has 1 aliphatic heterocycles. The first-order valence-electron chi connectivity index (χ1n) is 10.9. The van der Waals surface area contributed by atoms with E-state index >= 15 is 0 Å². The second-order valence-corrected chi connectivity index (χ2v) is 8.54. The maximum absolute atomic E-state index is 11.4. The Kier molecular flexibility index (Phi) is 6.28. The van der Waals surface area contributed by atoms with Gasteiger partial charge in [-0.3, -0.25) is 9.89 Å². The smallest absolute Gasteiger partial charge is 0.308 e. The Morgan fingerprint density at radius 3 is 2.59 bits per heavy atom. The van der Waals surface area contributed by atoms with Gasteiger partial charge >= 0.3 is 5.97 Å². The van der Waals surface area contributed by atoms with Crippen LogP contribution in [0.4, 0.5) is 0 Å². The van der Waals surface area contributed by atoms with Gasteiger partial charge < -0.3 is 19.9 Å². The number of carbonyl (C=O) groups excluding carboxylic acids is 1. The fourth-order valence-corrected chi connectivity index (χ4v) is 4.18. The Balaban J connectivity index is 1.83. The first-order valence-corrected chi connectivity index (χ1v) is 10.9. The molecule has 2 heterocycles. The SMILES string of the molecule is COc1cc([C@H]2C(C#N)=C(N)Oc3n[nH]c(-c4ccc(CC(C)C)cc4)c32)ccc1OC(C)=O. The molecule has 0 fully saturated rings. The molecule has 0 saturated carbocycles. The van der Waals surface area contributed by atoms with Gasteiger partial charge in [-0.1, -0.05) is 44.2 Å². The number of aromatic amines is 1. The predicted molar refractivity (Wildman–Crippen MR) is 126 cm³/mol. The Morgan fingerprint density at radius 1 is 1.24 bits per heavy atom. The molecule has 0 unspecified atom stereocenters. The molecular weight excluding hydrogens is 432 g/mol. The molecule has 1 aromatic heterocycles. The zero-order valence-electron chi connectivity index (χ0n) is 19.5. The van der Waals surface area contributed by atoms with Crippen molar-refractivity contribution in [2.75, 3.05) is 7.11 Å².